The van der Waals surface area contributed by atoms with Gasteiger partial charge in [-0.3, -0.25) is 4.90 Å². The minimum Gasteiger partial charge on any atom is -0.507 e. The summed E-state index contributed by atoms with van der Waals surface area (Å²) in [7, 11) is 0. The number of piperidine rings is 1. The third-order valence-electron chi connectivity index (χ3n) is 6.95. The van der Waals surface area contributed by atoms with Crippen LogP contribution in [0.5, 0.6) is 5.75 Å². The summed E-state index contributed by atoms with van der Waals surface area (Å²) in [4.78, 5) is 18.2. The number of amides is 1. The molecule has 10 nitrogen and oxygen atoms in total. The molecule has 2 bridgehead atoms. The van der Waals surface area contributed by atoms with Crippen molar-refractivity contribution in [3.63, 3.8) is 0 Å². The van der Waals surface area contributed by atoms with E-state index in [2.05, 4.69) is 20.5 Å². The Labute approximate surface area is 220 Å². The molecule has 2 aliphatic heterocycles. The number of benzene rings is 1. The van der Waals surface area contributed by atoms with Gasteiger partial charge in [0.25, 0.3) is 0 Å². The maximum atomic E-state index is 15.4. The van der Waals surface area contributed by atoms with Crippen LogP contribution in [0.2, 0.25) is 0 Å². The van der Waals surface area contributed by atoms with Gasteiger partial charge in [0, 0.05) is 36.5 Å². The number of alkyl halides is 1. The van der Waals surface area contributed by atoms with E-state index in [0.717, 1.165) is 6.42 Å². The van der Waals surface area contributed by atoms with Gasteiger partial charge in [0.15, 0.2) is 5.69 Å². The van der Waals surface area contributed by atoms with Crippen LogP contribution in [0.4, 0.5) is 9.18 Å². The standard InChI is InChI=1S/C27H30FN7O3/c1-27(2,3)38-26(37)35-19-6-9-23(35)25(28)22(10-19)30-13-16-4-8-21(33-32-16)20-7-5-18(11-24(20)36)34-14-17(12-29)31-15-34/h4-5,7-8,11,14-15,19,22-23,25,30,36H,6,9-10,13H2,1-3H3. The van der Waals surface area contributed by atoms with E-state index >= 15 is 4.39 Å². The second kappa shape index (κ2) is 10.0. The summed E-state index contributed by atoms with van der Waals surface area (Å²) in [5.74, 6) is 0.0161. The normalized spacial score (nSPS) is 22.8. The highest BCUT2D eigenvalue weighted by molar-refractivity contribution is 5.70. The molecule has 2 fully saturated rings. The third-order valence-corrected chi connectivity index (χ3v) is 6.95. The van der Waals surface area contributed by atoms with Crippen molar-refractivity contribution >= 4 is 6.09 Å². The lowest BCUT2D eigenvalue weighted by Crippen LogP contribution is -2.59. The summed E-state index contributed by atoms with van der Waals surface area (Å²) < 4.78 is 22.5. The van der Waals surface area contributed by atoms with Gasteiger partial charge in [0.1, 0.15) is 29.9 Å². The fraction of sp³-hybridized carbons (Fsp3) is 0.444. The Morgan fingerprint density at radius 3 is 2.74 bits per heavy atom. The smallest absolute Gasteiger partial charge is 0.410 e. The average molecular weight is 520 g/mol. The zero-order chi connectivity index (χ0) is 27.0. The molecular weight excluding hydrogens is 489 g/mol. The van der Waals surface area contributed by atoms with Crippen LogP contribution in [0.3, 0.4) is 0 Å². The number of phenolic OH excluding ortho intramolecular Hbond substituents is 1. The number of nitrogens with zero attached hydrogens (tertiary/aromatic N) is 6. The number of imidazole rings is 1. The molecule has 1 aromatic carbocycles. The van der Waals surface area contributed by atoms with E-state index in [4.69, 9.17) is 10.00 Å². The molecular formula is C27H30FN7O3. The molecule has 5 rings (SSSR count). The molecule has 2 N–H and O–H groups in total. The molecule has 1 amide bonds. The van der Waals surface area contributed by atoms with Crippen LogP contribution in [0.1, 0.15) is 51.4 Å². The molecule has 0 saturated carbocycles. The van der Waals surface area contributed by atoms with Gasteiger partial charge in [0.05, 0.1) is 23.1 Å². The maximum Gasteiger partial charge on any atom is 0.410 e. The van der Waals surface area contributed by atoms with Crippen LogP contribution < -0.4 is 5.32 Å². The van der Waals surface area contributed by atoms with Crippen LogP contribution in [0, 0.1) is 11.3 Å². The topological polar surface area (TPSA) is 129 Å². The molecule has 0 spiro atoms. The van der Waals surface area contributed by atoms with E-state index in [-0.39, 0.29) is 17.5 Å². The van der Waals surface area contributed by atoms with Gasteiger partial charge in [0.2, 0.25) is 0 Å². The van der Waals surface area contributed by atoms with Gasteiger partial charge in [-0.2, -0.15) is 15.5 Å². The van der Waals surface area contributed by atoms with E-state index < -0.39 is 29.9 Å². The van der Waals surface area contributed by atoms with Crippen molar-refractivity contribution < 1.29 is 19.0 Å². The lowest BCUT2D eigenvalue weighted by Gasteiger charge is -2.41. The van der Waals surface area contributed by atoms with Crippen LogP contribution in [-0.2, 0) is 11.3 Å². The van der Waals surface area contributed by atoms with Crippen molar-refractivity contribution in [2.24, 2.45) is 0 Å². The second-order valence-corrected chi connectivity index (χ2v) is 10.7. The van der Waals surface area contributed by atoms with Crippen LogP contribution in [0.15, 0.2) is 42.9 Å². The number of aromatic nitrogens is 4. The van der Waals surface area contributed by atoms with Gasteiger partial charge >= 0.3 is 6.09 Å². The Morgan fingerprint density at radius 1 is 1.26 bits per heavy atom. The second-order valence-electron chi connectivity index (χ2n) is 10.7. The average Bonchev–Trinajstić information content (AvgIpc) is 3.49. The summed E-state index contributed by atoms with van der Waals surface area (Å²) in [6.07, 6.45) is 3.33. The fourth-order valence-corrected chi connectivity index (χ4v) is 5.19. The number of hydrogen-bond acceptors (Lipinski definition) is 8. The zero-order valence-corrected chi connectivity index (χ0v) is 21.5. The Bertz CT molecular complexity index is 1360. The van der Waals surface area contributed by atoms with Gasteiger partial charge < -0.3 is 19.7 Å². The van der Waals surface area contributed by atoms with E-state index in [1.807, 2.05) is 26.8 Å². The molecule has 4 atom stereocenters. The number of halogens is 1. The van der Waals surface area contributed by atoms with Crippen LogP contribution in [-0.4, -0.2) is 65.7 Å². The van der Waals surface area contributed by atoms with E-state index in [9.17, 15) is 9.90 Å². The van der Waals surface area contributed by atoms with Crippen molar-refractivity contribution in [3.05, 3.63) is 54.2 Å². The number of fused-ring (bicyclic) bond motifs is 2. The molecule has 4 heterocycles. The number of carbonyl (C=O) groups is 1. The maximum absolute atomic E-state index is 15.4. The first kappa shape index (κ1) is 25.6. The molecule has 2 aliphatic rings. The molecule has 2 aromatic heterocycles. The molecule has 4 unspecified atom stereocenters. The molecule has 11 heteroatoms. The van der Waals surface area contributed by atoms with Crippen molar-refractivity contribution in [3.8, 4) is 28.8 Å². The SMILES string of the molecule is CC(C)(C)OC(=O)N1C2CCC1C(F)C(NCc1ccc(-c3ccc(-n4cnc(C#N)c4)cc3O)nn1)C2. The predicted octanol–water partition coefficient (Wildman–Crippen LogP) is 3.87. The highest BCUT2D eigenvalue weighted by atomic mass is 19.1. The molecule has 0 aliphatic carbocycles. The van der Waals surface area contributed by atoms with Gasteiger partial charge in [-0.05, 0) is 64.3 Å². The summed E-state index contributed by atoms with van der Waals surface area (Å²) in [6, 6.07) is 9.65. The Kier molecular flexibility index (Phi) is 6.75. The van der Waals surface area contributed by atoms with Crippen molar-refractivity contribution in [1.82, 2.24) is 30.0 Å². The molecule has 0 radical (unpaired) electrons. The lowest BCUT2D eigenvalue weighted by molar-refractivity contribution is -0.0136. The van der Waals surface area contributed by atoms with Crippen molar-refractivity contribution in [2.75, 3.05) is 0 Å². The fourth-order valence-electron chi connectivity index (χ4n) is 5.19. The summed E-state index contributed by atoms with van der Waals surface area (Å²) in [5, 5.41) is 31.3. The highest BCUT2D eigenvalue weighted by Crippen LogP contribution is 2.38. The summed E-state index contributed by atoms with van der Waals surface area (Å²) >= 11 is 0. The number of rotatable bonds is 5. The van der Waals surface area contributed by atoms with E-state index in [1.165, 1.54) is 6.33 Å². The highest BCUT2D eigenvalue weighted by Gasteiger charge is 2.50. The third kappa shape index (κ3) is 5.17. The molecule has 3 aromatic rings. The first-order valence-electron chi connectivity index (χ1n) is 12.6. The Balaban J connectivity index is 1.21. The number of phenols is 1. The van der Waals surface area contributed by atoms with Crippen LogP contribution in [0.25, 0.3) is 16.9 Å². The Hall–Kier alpha value is -4.04. The van der Waals surface area contributed by atoms with E-state index in [1.54, 1.807) is 46.0 Å². The Morgan fingerprint density at radius 2 is 2.08 bits per heavy atom. The first-order chi connectivity index (χ1) is 18.1. The van der Waals surface area contributed by atoms with Crippen molar-refractivity contribution in [2.45, 2.75) is 76.5 Å². The minimum absolute atomic E-state index is 0.0161. The monoisotopic (exact) mass is 519 g/mol. The largest absolute Gasteiger partial charge is 0.507 e. The lowest BCUT2D eigenvalue weighted by atomic mass is 9.95. The van der Waals surface area contributed by atoms with Crippen LogP contribution >= 0.6 is 0 Å². The molecule has 38 heavy (non-hydrogen) atoms. The van der Waals surface area contributed by atoms with Gasteiger partial charge in [-0.25, -0.2) is 14.2 Å². The quantitative estimate of drug-likeness (QED) is 0.520. The van der Waals surface area contributed by atoms with Crippen molar-refractivity contribution in [1.29, 1.82) is 5.26 Å². The first-order valence-corrected chi connectivity index (χ1v) is 12.6. The number of aromatic hydroxyl groups is 1. The number of nitriles is 1. The minimum atomic E-state index is -1.20. The number of hydrogen-bond donors (Lipinski definition) is 2. The predicted molar refractivity (Wildman–Crippen MR) is 136 cm³/mol. The number of ether oxygens (including phenoxy) is 1. The number of carbonyl (C=O) groups excluding carboxylic acids is 1. The number of nitrogens with one attached hydrogen (secondary N) is 1. The summed E-state index contributed by atoms with van der Waals surface area (Å²) in [5.41, 5.74) is 1.96. The molecule has 2 saturated heterocycles. The summed E-state index contributed by atoms with van der Waals surface area (Å²) in [6.45, 7) is 5.76. The van der Waals surface area contributed by atoms with Gasteiger partial charge in [-0.15, -0.1) is 0 Å². The van der Waals surface area contributed by atoms with Gasteiger partial charge in [-0.1, -0.05) is 0 Å². The zero-order valence-electron chi connectivity index (χ0n) is 21.5. The van der Waals surface area contributed by atoms with E-state index in [0.29, 0.717) is 42.0 Å². The molecule has 198 valence electrons.